The van der Waals surface area contributed by atoms with Crippen LogP contribution in [0.4, 0.5) is 4.39 Å². The lowest BCUT2D eigenvalue weighted by atomic mass is 9.99. The van der Waals surface area contributed by atoms with E-state index in [1.807, 2.05) is 28.1 Å². The second-order valence-corrected chi connectivity index (χ2v) is 7.61. The molecule has 0 spiro atoms. The van der Waals surface area contributed by atoms with E-state index in [0.29, 0.717) is 6.54 Å². The number of hydrogen-bond acceptors (Lipinski definition) is 2. The van der Waals surface area contributed by atoms with Crippen LogP contribution in [-0.2, 0) is 16.1 Å². The molecule has 6 heteroatoms. The van der Waals surface area contributed by atoms with Gasteiger partial charge in [0, 0.05) is 50.9 Å². The fourth-order valence-corrected chi connectivity index (χ4v) is 4.31. The number of carbonyl (C=O) groups is 2. The molecule has 1 saturated heterocycles. The lowest BCUT2D eigenvalue weighted by Crippen LogP contribution is -2.43. The first-order valence-electron chi connectivity index (χ1n) is 10.1. The zero-order valence-electron chi connectivity index (χ0n) is 16.0. The number of aromatic nitrogens is 1. The molecule has 3 heterocycles. The number of carbonyl (C=O) groups excluding carboxylic acids is 2. The highest BCUT2D eigenvalue weighted by Gasteiger charge is 2.32. The van der Waals surface area contributed by atoms with Crippen LogP contribution in [0.1, 0.15) is 49.4 Å². The predicted molar refractivity (Wildman–Crippen MR) is 104 cm³/mol. The Morgan fingerprint density at radius 3 is 2.36 bits per heavy atom. The van der Waals surface area contributed by atoms with Crippen molar-refractivity contribution in [3.8, 4) is 0 Å². The third-order valence-corrected chi connectivity index (χ3v) is 5.81. The number of benzene rings is 1. The molecule has 1 aromatic heterocycles. The summed E-state index contributed by atoms with van der Waals surface area (Å²) in [7, 11) is 0. The molecule has 0 bridgehead atoms. The Bertz CT molecular complexity index is 840. The van der Waals surface area contributed by atoms with Crippen molar-refractivity contribution in [2.24, 2.45) is 0 Å². The van der Waals surface area contributed by atoms with Crippen molar-refractivity contribution in [1.29, 1.82) is 0 Å². The Morgan fingerprint density at radius 1 is 0.893 bits per heavy atom. The van der Waals surface area contributed by atoms with Crippen LogP contribution in [-0.4, -0.2) is 45.8 Å². The molecule has 2 aliphatic heterocycles. The van der Waals surface area contributed by atoms with Gasteiger partial charge in [-0.2, -0.15) is 0 Å². The van der Waals surface area contributed by atoms with Gasteiger partial charge < -0.3 is 14.4 Å². The van der Waals surface area contributed by atoms with Gasteiger partial charge in [-0.05, 0) is 49.1 Å². The average Bonchev–Trinajstić information content (AvgIpc) is 3.21. The topological polar surface area (TPSA) is 45.6 Å². The minimum atomic E-state index is -0.292. The zero-order valence-corrected chi connectivity index (χ0v) is 16.0. The molecule has 1 atom stereocenters. The van der Waals surface area contributed by atoms with Gasteiger partial charge in [0.25, 0.3) is 0 Å². The molecule has 4 rings (SSSR count). The average molecular weight is 383 g/mol. The lowest BCUT2D eigenvalue weighted by Gasteiger charge is -2.37. The number of nitrogens with zero attached hydrogens (tertiary/aromatic N) is 3. The van der Waals surface area contributed by atoms with Crippen LogP contribution in [0.2, 0.25) is 0 Å². The molecule has 28 heavy (non-hydrogen) atoms. The SMILES string of the molecule is O=C(CCC(=O)N1CCn2cccc2C1c1ccc(F)cc1)N1CCCCC1. The van der Waals surface area contributed by atoms with E-state index < -0.39 is 0 Å². The molecule has 148 valence electrons. The number of halogens is 1. The standard InChI is InChI=1S/C22H26FN3O2/c23-18-8-6-17(7-9-18)22-19-5-4-14-24(19)15-16-26(22)21(28)11-10-20(27)25-12-2-1-3-13-25/h4-9,14,22H,1-3,10-13,15-16H2. The van der Waals surface area contributed by atoms with E-state index in [0.717, 1.165) is 43.7 Å². The number of piperidine rings is 1. The number of hydrogen-bond donors (Lipinski definition) is 0. The molecule has 5 nitrogen and oxygen atoms in total. The summed E-state index contributed by atoms with van der Waals surface area (Å²) in [6.45, 7) is 2.93. The van der Waals surface area contributed by atoms with Crippen molar-refractivity contribution in [1.82, 2.24) is 14.4 Å². The Labute approximate surface area is 164 Å². The predicted octanol–water partition coefficient (Wildman–Crippen LogP) is 3.35. The molecular formula is C22H26FN3O2. The van der Waals surface area contributed by atoms with Gasteiger partial charge in [-0.15, -0.1) is 0 Å². The number of likely N-dealkylation sites (tertiary alicyclic amines) is 1. The summed E-state index contributed by atoms with van der Waals surface area (Å²) in [5.74, 6) is -0.237. The molecule has 0 N–H and O–H groups in total. The minimum Gasteiger partial charge on any atom is -0.348 e. The molecule has 0 radical (unpaired) electrons. The maximum absolute atomic E-state index is 13.4. The van der Waals surface area contributed by atoms with Crippen LogP contribution in [0.15, 0.2) is 42.6 Å². The molecule has 2 amide bonds. The van der Waals surface area contributed by atoms with Gasteiger partial charge in [-0.25, -0.2) is 4.39 Å². The molecule has 1 unspecified atom stereocenters. The van der Waals surface area contributed by atoms with E-state index in [9.17, 15) is 14.0 Å². The Kier molecular flexibility index (Phi) is 5.46. The fraction of sp³-hybridized carbons (Fsp3) is 0.455. The first-order chi connectivity index (χ1) is 13.6. The molecule has 0 saturated carbocycles. The van der Waals surface area contributed by atoms with E-state index in [4.69, 9.17) is 0 Å². The largest absolute Gasteiger partial charge is 0.348 e. The lowest BCUT2D eigenvalue weighted by molar-refractivity contribution is -0.139. The third kappa shape index (κ3) is 3.81. The first-order valence-corrected chi connectivity index (χ1v) is 10.1. The Balaban J connectivity index is 1.49. The Hall–Kier alpha value is -2.63. The number of amides is 2. The van der Waals surface area contributed by atoms with Gasteiger partial charge in [0.1, 0.15) is 5.82 Å². The molecule has 1 aromatic carbocycles. The van der Waals surface area contributed by atoms with Gasteiger partial charge >= 0.3 is 0 Å². The number of fused-ring (bicyclic) bond motifs is 1. The summed E-state index contributed by atoms with van der Waals surface area (Å²) in [6, 6.07) is 10.1. The second-order valence-electron chi connectivity index (χ2n) is 7.61. The zero-order chi connectivity index (χ0) is 19.5. The quantitative estimate of drug-likeness (QED) is 0.813. The molecule has 2 aromatic rings. The highest BCUT2D eigenvalue weighted by atomic mass is 19.1. The Morgan fingerprint density at radius 2 is 1.61 bits per heavy atom. The van der Waals surface area contributed by atoms with Crippen LogP contribution in [0.5, 0.6) is 0 Å². The van der Waals surface area contributed by atoms with E-state index in [-0.39, 0.29) is 36.5 Å². The van der Waals surface area contributed by atoms with Crippen molar-refractivity contribution in [3.63, 3.8) is 0 Å². The number of rotatable bonds is 4. The van der Waals surface area contributed by atoms with Crippen LogP contribution in [0.25, 0.3) is 0 Å². The van der Waals surface area contributed by atoms with Crippen LogP contribution >= 0.6 is 0 Å². The highest BCUT2D eigenvalue weighted by Crippen LogP contribution is 2.33. The van der Waals surface area contributed by atoms with Crippen molar-refractivity contribution < 1.29 is 14.0 Å². The van der Waals surface area contributed by atoms with Crippen molar-refractivity contribution in [3.05, 3.63) is 59.7 Å². The molecule has 1 fully saturated rings. The highest BCUT2D eigenvalue weighted by molar-refractivity contribution is 5.84. The van der Waals surface area contributed by atoms with Gasteiger partial charge in [-0.1, -0.05) is 12.1 Å². The smallest absolute Gasteiger partial charge is 0.223 e. The summed E-state index contributed by atoms with van der Waals surface area (Å²) in [5.41, 5.74) is 1.91. The summed E-state index contributed by atoms with van der Waals surface area (Å²) in [5, 5.41) is 0. The maximum Gasteiger partial charge on any atom is 0.223 e. The third-order valence-electron chi connectivity index (χ3n) is 5.81. The van der Waals surface area contributed by atoms with E-state index >= 15 is 0 Å². The summed E-state index contributed by atoms with van der Waals surface area (Å²) < 4.78 is 15.5. The summed E-state index contributed by atoms with van der Waals surface area (Å²) in [4.78, 5) is 29.2. The van der Waals surface area contributed by atoms with Gasteiger partial charge in [0.05, 0.1) is 6.04 Å². The van der Waals surface area contributed by atoms with Crippen LogP contribution in [0, 0.1) is 5.82 Å². The summed E-state index contributed by atoms with van der Waals surface area (Å²) >= 11 is 0. The normalized spacial score (nSPS) is 19.4. The van der Waals surface area contributed by atoms with Gasteiger partial charge in [0.2, 0.25) is 11.8 Å². The maximum atomic E-state index is 13.4. The van der Waals surface area contributed by atoms with Crippen molar-refractivity contribution in [2.45, 2.75) is 44.7 Å². The van der Waals surface area contributed by atoms with E-state index in [2.05, 4.69) is 4.57 Å². The van der Waals surface area contributed by atoms with Crippen molar-refractivity contribution in [2.75, 3.05) is 19.6 Å². The fourth-order valence-electron chi connectivity index (χ4n) is 4.31. The second kappa shape index (κ2) is 8.17. The van der Waals surface area contributed by atoms with Crippen LogP contribution in [0.3, 0.4) is 0 Å². The van der Waals surface area contributed by atoms with Gasteiger partial charge in [0.15, 0.2) is 0 Å². The molecule has 2 aliphatic rings. The van der Waals surface area contributed by atoms with E-state index in [1.54, 1.807) is 12.1 Å². The van der Waals surface area contributed by atoms with Crippen LogP contribution < -0.4 is 0 Å². The summed E-state index contributed by atoms with van der Waals surface area (Å²) in [6.07, 6.45) is 5.76. The van der Waals surface area contributed by atoms with Gasteiger partial charge in [-0.3, -0.25) is 9.59 Å². The first kappa shape index (κ1) is 18.7. The minimum absolute atomic E-state index is 0.0212. The van der Waals surface area contributed by atoms with E-state index in [1.165, 1.54) is 18.6 Å². The molecule has 0 aliphatic carbocycles. The monoisotopic (exact) mass is 383 g/mol. The molecular weight excluding hydrogens is 357 g/mol. The van der Waals surface area contributed by atoms with Crippen molar-refractivity contribution >= 4 is 11.8 Å².